The molecule has 0 fully saturated rings. The van der Waals surface area contributed by atoms with Gasteiger partial charge in [-0.15, -0.1) is 0 Å². The van der Waals surface area contributed by atoms with Crippen LogP contribution in [-0.4, -0.2) is 43.8 Å². The average molecular weight is 438 g/mol. The fourth-order valence-electron chi connectivity index (χ4n) is 2.94. The Hall–Kier alpha value is -2.69. The van der Waals surface area contributed by atoms with Crippen molar-refractivity contribution >= 4 is 38.5 Å². The number of halogens is 1. The van der Waals surface area contributed by atoms with Gasteiger partial charge in [0.15, 0.2) is 0 Å². The number of sulfonamides is 1. The van der Waals surface area contributed by atoms with Gasteiger partial charge in [0, 0.05) is 28.8 Å². The van der Waals surface area contributed by atoms with Crippen molar-refractivity contribution in [2.45, 2.75) is 13.5 Å². The van der Waals surface area contributed by atoms with Crippen molar-refractivity contribution in [1.29, 1.82) is 0 Å². The molecule has 0 aliphatic carbocycles. The van der Waals surface area contributed by atoms with Crippen LogP contribution >= 0.6 is 11.6 Å². The summed E-state index contributed by atoms with van der Waals surface area (Å²) in [5.74, 6) is 1.06. The predicted molar refractivity (Wildman–Crippen MR) is 112 cm³/mol. The van der Waals surface area contributed by atoms with Crippen LogP contribution < -0.4 is 19.9 Å². The van der Waals surface area contributed by atoms with Crippen LogP contribution in [0.4, 0.5) is 5.95 Å². The zero-order chi connectivity index (χ0) is 21.3. The highest BCUT2D eigenvalue weighted by atomic mass is 35.5. The molecule has 29 heavy (non-hydrogen) atoms. The number of ether oxygens (including phenoxy) is 2. The molecular weight excluding hydrogens is 418 g/mol. The van der Waals surface area contributed by atoms with Gasteiger partial charge in [-0.25, -0.2) is 28.1 Å². The minimum atomic E-state index is -3.45. The molecule has 154 valence electrons. The van der Waals surface area contributed by atoms with Crippen molar-refractivity contribution in [2.75, 3.05) is 26.2 Å². The van der Waals surface area contributed by atoms with E-state index in [9.17, 15) is 8.42 Å². The second kappa shape index (κ2) is 7.97. The number of benzene rings is 1. The molecule has 0 amide bonds. The Balaban J connectivity index is 2.30. The lowest BCUT2D eigenvalue weighted by Gasteiger charge is -2.17. The van der Waals surface area contributed by atoms with Gasteiger partial charge in [-0.1, -0.05) is 11.6 Å². The summed E-state index contributed by atoms with van der Waals surface area (Å²) < 4.78 is 36.4. The molecule has 11 heteroatoms. The summed E-state index contributed by atoms with van der Waals surface area (Å²) in [4.78, 5) is 12.9. The minimum Gasteiger partial charge on any atom is -0.496 e. The molecule has 3 N–H and O–H groups in total. The number of methoxy groups -OCH3 is 2. The molecule has 9 nitrogen and oxygen atoms in total. The van der Waals surface area contributed by atoms with E-state index < -0.39 is 10.0 Å². The van der Waals surface area contributed by atoms with Gasteiger partial charge in [-0.3, -0.25) is 0 Å². The van der Waals surface area contributed by atoms with Crippen LogP contribution in [0, 0.1) is 6.92 Å². The summed E-state index contributed by atoms with van der Waals surface area (Å²) in [6, 6.07) is 3.45. The lowest BCUT2D eigenvalue weighted by atomic mass is 10.0. The lowest BCUT2D eigenvalue weighted by Crippen LogP contribution is -2.22. The topological polar surface area (TPSA) is 129 Å². The van der Waals surface area contributed by atoms with E-state index in [0.717, 1.165) is 11.8 Å². The zero-order valence-corrected chi connectivity index (χ0v) is 17.8. The third-order valence-electron chi connectivity index (χ3n) is 4.30. The summed E-state index contributed by atoms with van der Waals surface area (Å²) in [6.07, 6.45) is 2.61. The van der Waals surface area contributed by atoms with Gasteiger partial charge >= 0.3 is 0 Å². The summed E-state index contributed by atoms with van der Waals surface area (Å²) in [5.41, 5.74) is 8.38. The van der Waals surface area contributed by atoms with Crippen molar-refractivity contribution in [2.24, 2.45) is 0 Å². The molecule has 0 bridgehead atoms. The highest BCUT2D eigenvalue weighted by molar-refractivity contribution is 7.88. The standard InChI is InChI=1S/C18H20ClN5O4S/c1-9-13(27-2)6-14(28-3)16(19)15(9)11-5-10-7-21-18(20)24-17(10)12(23-11)8-22-29(4,25)26/h5-7,22H,8H2,1-4H3,(H2,20,21,24). The summed E-state index contributed by atoms with van der Waals surface area (Å²) >= 11 is 6.57. The number of nitrogens with one attached hydrogen (secondary N) is 1. The largest absolute Gasteiger partial charge is 0.496 e. The molecule has 0 aliphatic heterocycles. The number of anilines is 1. The first-order chi connectivity index (χ1) is 13.6. The maximum atomic E-state index is 11.6. The molecule has 3 rings (SSSR count). The summed E-state index contributed by atoms with van der Waals surface area (Å²) in [7, 11) is -0.394. The number of aromatic nitrogens is 3. The maximum absolute atomic E-state index is 11.6. The SMILES string of the molecule is COc1cc(OC)c(Cl)c(-c2cc3cnc(N)nc3c(CNS(C)(=O)=O)n2)c1C. The number of hydrogen-bond acceptors (Lipinski definition) is 8. The summed E-state index contributed by atoms with van der Waals surface area (Å²) in [6.45, 7) is 1.77. The fraction of sp³-hybridized carbons (Fsp3) is 0.278. The van der Waals surface area contributed by atoms with Crippen LogP contribution in [0.1, 0.15) is 11.3 Å². The second-order valence-electron chi connectivity index (χ2n) is 6.31. The molecule has 0 spiro atoms. The first-order valence-electron chi connectivity index (χ1n) is 8.42. The van der Waals surface area contributed by atoms with E-state index in [1.807, 2.05) is 6.92 Å². The van der Waals surface area contributed by atoms with Gasteiger partial charge in [0.2, 0.25) is 16.0 Å². The van der Waals surface area contributed by atoms with E-state index in [1.165, 1.54) is 7.11 Å². The highest BCUT2D eigenvalue weighted by Crippen LogP contribution is 2.42. The highest BCUT2D eigenvalue weighted by Gasteiger charge is 2.20. The van der Waals surface area contributed by atoms with E-state index in [1.54, 1.807) is 25.4 Å². The monoisotopic (exact) mass is 437 g/mol. The normalized spacial score (nSPS) is 11.6. The smallest absolute Gasteiger partial charge is 0.220 e. The van der Waals surface area contributed by atoms with E-state index in [0.29, 0.717) is 44.4 Å². The number of fused-ring (bicyclic) bond motifs is 1. The van der Waals surface area contributed by atoms with Gasteiger partial charge in [0.25, 0.3) is 0 Å². The Morgan fingerprint density at radius 3 is 2.48 bits per heavy atom. The van der Waals surface area contributed by atoms with Gasteiger partial charge < -0.3 is 15.2 Å². The predicted octanol–water partition coefficient (Wildman–Crippen LogP) is 2.30. The van der Waals surface area contributed by atoms with Crippen molar-refractivity contribution in [3.8, 4) is 22.8 Å². The Morgan fingerprint density at radius 2 is 1.86 bits per heavy atom. The molecule has 0 aliphatic rings. The number of nitrogens with zero attached hydrogens (tertiary/aromatic N) is 3. The van der Waals surface area contributed by atoms with Gasteiger partial charge in [0.05, 0.1) is 48.9 Å². The molecule has 3 aromatic rings. The van der Waals surface area contributed by atoms with Crippen LogP contribution in [0.3, 0.4) is 0 Å². The molecule has 0 saturated carbocycles. The van der Waals surface area contributed by atoms with Crippen LogP contribution in [0.2, 0.25) is 5.02 Å². The van der Waals surface area contributed by atoms with E-state index in [4.69, 9.17) is 26.8 Å². The number of hydrogen-bond donors (Lipinski definition) is 2. The molecule has 1 aromatic carbocycles. The van der Waals surface area contributed by atoms with E-state index in [2.05, 4.69) is 19.7 Å². The zero-order valence-electron chi connectivity index (χ0n) is 16.3. The number of pyridine rings is 1. The Labute approximate surface area is 173 Å². The van der Waals surface area contributed by atoms with Crippen molar-refractivity contribution < 1.29 is 17.9 Å². The Morgan fingerprint density at radius 1 is 1.17 bits per heavy atom. The molecule has 0 saturated heterocycles. The third-order valence-corrected chi connectivity index (χ3v) is 5.34. The molecule has 0 atom stereocenters. The molecule has 2 aromatic heterocycles. The van der Waals surface area contributed by atoms with Crippen molar-refractivity contribution in [1.82, 2.24) is 19.7 Å². The van der Waals surface area contributed by atoms with E-state index in [-0.39, 0.29) is 12.5 Å². The minimum absolute atomic E-state index is 0.0601. The van der Waals surface area contributed by atoms with Crippen LogP contribution in [-0.2, 0) is 16.6 Å². The Bertz CT molecular complexity index is 1170. The molecular formula is C18H20ClN5O4S. The Kier molecular flexibility index (Phi) is 5.78. The first-order valence-corrected chi connectivity index (χ1v) is 10.7. The van der Waals surface area contributed by atoms with Crippen molar-refractivity contribution in [3.63, 3.8) is 0 Å². The first kappa shape index (κ1) is 21.0. The van der Waals surface area contributed by atoms with Gasteiger partial charge in [-0.05, 0) is 13.0 Å². The second-order valence-corrected chi connectivity index (χ2v) is 8.52. The summed E-state index contributed by atoms with van der Waals surface area (Å²) in [5, 5.41) is 0.989. The van der Waals surface area contributed by atoms with Gasteiger partial charge in [-0.2, -0.15) is 0 Å². The van der Waals surface area contributed by atoms with Crippen molar-refractivity contribution in [3.05, 3.63) is 34.6 Å². The van der Waals surface area contributed by atoms with Crippen LogP contribution in [0.5, 0.6) is 11.5 Å². The quantitative estimate of drug-likeness (QED) is 0.600. The van der Waals surface area contributed by atoms with Crippen LogP contribution in [0.25, 0.3) is 22.2 Å². The maximum Gasteiger partial charge on any atom is 0.220 e. The average Bonchev–Trinajstić information content (AvgIpc) is 2.66. The number of nitrogen functional groups attached to an aromatic ring is 1. The van der Waals surface area contributed by atoms with Gasteiger partial charge in [0.1, 0.15) is 11.5 Å². The molecule has 0 unspecified atom stereocenters. The molecule has 2 heterocycles. The lowest BCUT2D eigenvalue weighted by molar-refractivity contribution is 0.393. The van der Waals surface area contributed by atoms with Crippen LogP contribution in [0.15, 0.2) is 18.3 Å². The third kappa shape index (κ3) is 4.34. The number of nitrogens with two attached hydrogens (primary N) is 1. The van der Waals surface area contributed by atoms with E-state index >= 15 is 0 Å². The molecule has 0 radical (unpaired) electrons. The fourth-order valence-corrected chi connectivity index (χ4v) is 3.71. The number of rotatable bonds is 6.